The highest BCUT2D eigenvalue weighted by molar-refractivity contribution is 9.10. The monoisotopic (exact) mass is 419 g/mol. The van der Waals surface area contributed by atoms with Gasteiger partial charge in [0.2, 0.25) is 0 Å². The summed E-state index contributed by atoms with van der Waals surface area (Å²) >= 11 is 3.40. The van der Waals surface area contributed by atoms with Crippen LogP contribution in [0.2, 0.25) is 0 Å². The average molecular weight is 420 g/mol. The maximum absolute atomic E-state index is 12.6. The van der Waals surface area contributed by atoms with Crippen LogP contribution in [0.25, 0.3) is 16.9 Å². The van der Waals surface area contributed by atoms with E-state index in [1.165, 1.54) is 5.56 Å². The summed E-state index contributed by atoms with van der Waals surface area (Å²) in [5.74, 6) is -0.137. The first kappa shape index (κ1) is 17.5. The molecule has 27 heavy (non-hydrogen) atoms. The highest BCUT2D eigenvalue weighted by Crippen LogP contribution is 2.26. The Hall–Kier alpha value is -2.92. The molecule has 0 fully saturated rings. The lowest BCUT2D eigenvalue weighted by atomic mass is 10.1. The van der Waals surface area contributed by atoms with Crippen molar-refractivity contribution in [1.29, 1.82) is 0 Å². The quantitative estimate of drug-likeness (QED) is 0.467. The summed E-state index contributed by atoms with van der Waals surface area (Å²) in [4.78, 5) is 17.3. The van der Waals surface area contributed by atoms with Crippen LogP contribution >= 0.6 is 15.9 Å². The number of benzene rings is 2. The Bertz CT molecular complexity index is 1160. The number of hydrogen-bond donors (Lipinski definition) is 1. The number of imidazole rings is 1. The van der Waals surface area contributed by atoms with Crippen molar-refractivity contribution in [3.8, 4) is 11.3 Å². The molecule has 0 bridgehead atoms. The van der Waals surface area contributed by atoms with Gasteiger partial charge in [-0.2, -0.15) is 0 Å². The lowest BCUT2D eigenvalue weighted by molar-refractivity contribution is 0.102. The Morgan fingerprint density at radius 1 is 1.07 bits per heavy atom. The molecular formula is C22H18BrN3O. The molecule has 5 heteroatoms. The minimum Gasteiger partial charge on any atom is -0.322 e. The molecule has 2 aromatic carbocycles. The van der Waals surface area contributed by atoms with Gasteiger partial charge in [-0.25, -0.2) is 4.98 Å². The average Bonchev–Trinajstić information content (AvgIpc) is 3.06. The second-order valence-corrected chi connectivity index (χ2v) is 7.51. The fourth-order valence-electron chi connectivity index (χ4n) is 2.96. The molecule has 134 valence electrons. The topological polar surface area (TPSA) is 46.4 Å². The summed E-state index contributed by atoms with van der Waals surface area (Å²) < 4.78 is 2.88. The number of fused-ring (bicyclic) bond motifs is 1. The number of halogens is 1. The molecule has 0 saturated heterocycles. The van der Waals surface area contributed by atoms with Crippen LogP contribution in [-0.2, 0) is 0 Å². The van der Waals surface area contributed by atoms with E-state index in [1.807, 2.05) is 60.1 Å². The third kappa shape index (κ3) is 3.64. The molecule has 0 unspecified atom stereocenters. The number of nitrogens with one attached hydrogen (secondary N) is 1. The molecular weight excluding hydrogens is 402 g/mol. The number of nitrogens with zero attached hydrogens (tertiary/aromatic N) is 2. The van der Waals surface area contributed by atoms with Crippen molar-refractivity contribution in [2.24, 2.45) is 0 Å². The van der Waals surface area contributed by atoms with Gasteiger partial charge in [-0.15, -0.1) is 0 Å². The predicted octanol–water partition coefficient (Wildman–Crippen LogP) is 5.63. The zero-order chi connectivity index (χ0) is 19.0. The predicted molar refractivity (Wildman–Crippen MR) is 112 cm³/mol. The minimum atomic E-state index is -0.137. The number of rotatable bonds is 3. The first-order valence-corrected chi connectivity index (χ1v) is 9.42. The first-order valence-electron chi connectivity index (χ1n) is 8.63. The van der Waals surface area contributed by atoms with E-state index in [0.29, 0.717) is 5.56 Å². The third-order valence-electron chi connectivity index (χ3n) is 4.48. The van der Waals surface area contributed by atoms with Gasteiger partial charge in [-0.1, -0.05) is 34.1 Å². The van der Waals surface area contributed by atoms with Crippen molar-refractivity contribution in [3.05, 3.63) is 88.2 Å². The van der Waals surface area contributed by atoms with E-state index in [-0.39, 0.29) is 5.91 Å². The molecule has 0 atom stereocenters. The number of aryl methyl sites for hydroxylation is 2. The van der Waals surface area contributed by atoms with Crippen molar-refractivity contribution in [1.82, 2.24) is 9.38 Å². The van der Waals surface area contributed by atoms with Crippen molar-refractivity contribution in [2.75, 3.05) is 5.32 Å². The Morgan fingerprint density at radius 3 is 2.74 bits per heavy atom. The van der Waals surface area contributed by atoms with E-state index in [2.05, 4.69) is 34.2 Å². The number of hydrogen-bond acceptors (Lipinski definition) is 2. The Morgan fingerprint density at radius 2 is 1.93 bits per heavy atom. The molecule has 0 saturated carbocycles. The summed E-state index contributed by atoms with van der Waals surface area (Å²) in [6.07, 6.45) is 4.00. The summed E-state index contributed by atoms with van der Waals surface area (Å²) in [5.41, 5.74) is 6.31. The van der Waals surface area contributed by atoms with Gasteiger partial charge in [0.15, 0.2) is 0 Å². The molecule has 0 radical (unpaired) electrons. The van der Waals surface area contributed by atoms with Crippen LogP contribution in [-0.4, -0.2) is 15.3 Å². The van der Waals surface area contributed by atoms with E-state index in [4.69, 9.17) is 4.98 Å². The maximum Gasteiger partial charge on any atom is 0.255 e. The van der Waals surface area contributed by atoms with Crippen molar-refractivity contribution in [3.63, 3.8) is 0 Å². The number of anilines is 1. The smallest absolute Gasteiger partial charge is 0.255 e. The number of amides is 1. The molecule has 1 amide bonds. The zero-order valence-electron chi connectivity index (χ0n) is 15.0. The van der Waals surface area contributed by atoms with Crippen molar-refractivity contribution in [2.45, 2.75) is 13.8 Å². The fourth-order valence-corrected chi connectivity index (χ4v) is 3.36. The second kappa shape index (κ2) is 7.00. The highest BCUT2D eigenvalue weighted by atomic mass is 79.9. The van der Waals surface area contributed by atoms with E-state index >= 15 is 0 Å². The Kier molecular flexibility index (Phi) is 4.54. The third-order valence-corrected chi connectivity index (χ3v) is 4.98. The van der Waals surface area contributed by atoms with Crippen LogP contribution in [0.4, 0.5) is 5.69 Å². The molecule has 0 aliphatic heterocycles. The standard InChI is InChI=1S/C22H18BrN3O/c1-14-8-9-26-13-20(24-21(26)10-14)16-7-6-15(2)19(12-16)25-22(27)17-4-3-5-18(23)11-17/h3-13H,1-2H3,(H,25,27). The number of carbonyl (C=O) groups excluding carboxylic acids is 1. The molecule has 1 N–H and O–H groups in total. The molecule has 4 rings (SSSR count). The van der Waals surface area contributed by atoms with E-state index < -0.39 is 0 Å². The largest absolute Gasteiger partial charge is 0.322 e. The van der Waals surface area contributed by atoms with Gasteiger partial charge in [0.1, 0.15) is 5.65 Å². The molecule has 0 spiro atoms. The maximum atomic E-state index is 12.6. The van der Waals surface area contributed by atoms with Crippen LogP contribution < -0.4 is 5.32 Å². The number of aromatic nitrogens is 2. The minimum absolute atomic E-state index is 0.137. The Labute approximate surface area is 166 Å². The van der Waals surface area contributed by atoms with Crippen LogP contribution in [0.1, 0.15) is 21.5 Å². The summed E-state index contributed by atoms with van der Waals surface area (Å²) in [5, 5.41) is 3.01. The summed E-state index contributed by atoms with van der Waals surface area (Å²) in [6, 6.07) is 17.4. The highest BCUT2D eigenvalue weighted by Gasteiger charge is 2.11. The van der Waals surface area contributed by atoms with Crippen molar-refractivity contribution >= 4 is 33.2 Å². The normalized spacial score (nSPS) is 10.9. The lowest BCUT2D eigenvalue weighted by Crippen LogP contribution is -2.12. The van der Waals surface area contributed by atoms with Crippen molar-refractivity contribution < 1.29 is 4.79 Å². The molecule has 4 nitrogen and oxygen atoms in total. The van der Waals surface area contributed by atoms with Crippen LogP contribution in [0.5, 0.6) is 0 Å². The molecule has 0 aliphatic rings. The summed E-state index contributed by atoms with van der Waals surface area (Å²) in [6.45, 7) is 4.03. The number of pyridine rings is 1. The molecule has 2 heterocycles. The van der Waals surface area contributed by atoms with Gasteiger partial charge in [0.05, 0.1) is 5.69 Å². The van der Waals surface area contributed by atoms with Gasteiger partial charge in [0, 0.05) is 33.7 Å². The van der Waals surface area contributed by atoms with E-state index in [1.54, 1.807) is 12.1 Å². The van der Waals surface area contributed by atoms with E-state index in [0.717, 1.165) is 32.6 Å². The molecule has 0 aliphatic carbocycles. The Balaban J connectivity index is 1.67. The molecule has 4 aromatic rings. The van der Waals surface area contributed by atoms with Gasteiger partial charge in [0.25, 0.3) is 5.91 Å². The van der Waals surface area contributed by atoms with Gasteiger partial charge in [-0.3, -0.25) is 4.79 Å². The zero-order valence-corrected chi connectivity index (χ0v) is 16.6. The fraction of sp³-hybridized carbons (Fsp3) is 0.0909. The second-order valence-electron chi connectivity index (χ2n) is 6.59. The lowest BCUT2D eigenvalue weighted by Gasteiger charge is -2.10. The van der Waals surface area contributed by atoms with E-state index in [9.17, 15) is 4.79 Å². The summed E-state index contributed by atoms with van der Waals surface area (Å²) in [7, 11) is 0. The molecule has 2 aromatic heterocycles. The first-order chi connectivity index (χ1) is 13.0. The van der Waals surface area contributed by atoms with Gasteiger partial charge < -0.3 is 9.72 Å². The van der Waals surface area contributed by atoms with Gasteiger partial charge >= 0.3 is 0 Å². The van der Waals surface area contributed by atoms with Crippen LogP contribution in [0.15, 0.2) is 71.5 Å². The SMILES string of the molecule is Cc1ccn2cc(-c3ccc(C)c(NC(=O)c4cccc(Br)c4)c3)nc2c1. The van der Waals surface area contributed by atoms with Gasteiger partial charge in [-0.05, 0) is 61.4 Å². The number of carbonyl (C=O) groups is 1. The van der Waals surface area contributed by atoms with Crippen LogP contribution in [0.3, 0.4) is 0 Å². The van der Waals surface area contributed by atoms with Crippen LogP contribution in [0, 0.1) is 13.8 Å².